The average molecular weight is 320 g/mol. The number of aromatic nitrogens is 1. The number of anilines is 1. The van der Waals surface area contributed by atoms with Gasteiger partial charge in [-0.05, 0) is 6.07 Å². The number of nitrogens with zero attached hydrogens (tertiary/aromatic N) is 1. The summed E-state index contributed by atoms with van der Waals surface area (Å²) >= 11 is 3.66. The molecule has 9 heteroatoms. The molecule has 0 aromatic carbocycles. The zero-order valence-corrected chi connectivity index (χ0v) is 12.7. The molecule has 0 aliphatic carbocycles. The summed E-state index contributed by atoms with van der Waals surface area (Å²) in [7, 11) is -3.58. The van der Waals surface area contributed by atoms with Gasteiger partial charge in [-0.15, -0.1) is 0 Å². The molecule has 1 aliphatic rings. The second-order valence-electron chi connectivity index (χ2n) is 3.94. The first-order valence-corrected chi connectivity index (χ1v) is 9.42. The van der Waals surface area contributed by atoms with E-state index in [4.69, 9.17) is 5.84 Å². The molecule has 19 heavy (non-hydrogen) atoms. The van der Waals surface area contributed by atoms with Crippen LogP contribution in [-0.2, 0) is 10.0 Å². The highest BCUT2D eigenvalue weighted by atomic mass is 32.2. The zero-order valence-electron chi connectivity index (χ0n) is 10.2. The van der Waals surface area contributed by atoms with Gasteiger partial charge in [0.1, 0.15) is 4.90 Å². The average Bonchev–Trinajstić information content (AvgIpc) is 2.46. The van der Waals surface area contributed by atoms with Crippen molar-refractivity contribution in [2.75, 3.05) is 29.2 Å². The van der Waals surface area contributed by atoms with E-state index in [0.717, 1.165) is 17.3 Å². The fraction of sp³-hybridized carbons (Fsp3) is 0.500. The predicted molar refractivity (Wildman–Crippen MR) is 80.8 cm³/mol. The monoisotopic (exact) mass is 320 g/mol. The molecule has 1 atom stereocenters. The van der Waals surface area contributed by atoms with E-state index in [-0.39, 0.29) is 4.90 Å². The van der Waals surface area contributed by atoms with E-state index in [2.05, 4.69) is 15.1 Å². The third-order valence-corrected chi connectivity index (χ3v) is 6.91. The molecule has 0 amide bonds. The number of hydrogen-bond donors (Lipinski definition) is 3. The van der Waals surface area contributed by atoms with Crippen LogP contribution in [-0.4, -0.2) is 42.5 Å². The van der Waals surface area contributed by atoms with Crippen molar-refractivity contribution in [3.8, 4) is 0 Å². The number of nitrogens with one attached hydrogen (secondary N) is 2. The van der Waals surface area contributed by atoms with Gasteiger partial charge in [0.15, 0.2) is 0 Å². The molecule has 1 aliphatic heterocycles. The lowest BCUT2D eigenvalue weighted by molar-refractivity contribution is 0.581. The molecule has 0 bridgehead atoms. The summed E-state index contributed by atoms with van der Waals surface area (Å²) in [6, 6.07) is 1.53. The first-order valence-electron chi connectivity index (χ1n) is 5.73. The van der Waals surface area contributed by atoms with E-state index in [1.165, 1.54) is 18.5 Å². The van der Waals surface area contributed by atoms with Crippen LogP contribution >= 0.6 is 23.5 Å². The van der Waals surface area contributed by atoms with Crippen molar-refractivity contribution in [2.24, 2.45) is 5.84 Å². The Morgan fingerprint density at radius 1 is 1.47 bits per heavy atom. The first-order chi connectivity index (χ1) is 9.13. The molecule has 1 saturated heterocycles. The van der Waals surface area contributed by atoms with E-state index < -0.39 is 10.0 Å². The van der Waals surface area contributed by atoms with Crippen LogP contribution in [0.4, 0.5) is 5.69 Å². The summed E-state index contributed by atoms with van der Waals surface area (Å²) in [5.74, 6) is 8.49. The number of rotatable bonds is 5. The van der Waals surface area contributed by atoms with Gasteiger partial charge in [-0.25, -0.2) is 13.1 Å². The highest BCUT2D eigenvalue weighted by Gasteiger charge is 2.21. The van der Waals surface area contributed by atoms with Gasteiger partial charge in [0.05, 0.1) is 5.69 Å². The number of hydrogen-bond acceptors (Lipinski definition) is 7. The van der Waals surface area contributed by atoms with Gasteiger partial charge < -0.3 is 5.43 Å². The van der Waals surface area contributed by atoms with Crippen molar-refractivity contribution >= 4 is 39.2 Å². The topological polar surface area (TPSA) is 97.1 Å². The van der Waals surface area contributed by atoms with Gasteiger partial charge in [0.2, 0.25) is 10.0 Å². The molecule has 1 aromatic heterocycles. The van der Waals surface area contributed by atoms with Crippen molar-refractivity contribution in [1.82, 2.24) is 9.71 Å². The third kappa shape index (κ3) is 3.99. The van der Waals surface area contributed by atoms with E-state index in [9.17, 15) is 8.42 Å². The van der Waals surface area contributed by atoms with E-state index in [0.29, 0.717) is 17.5 Å². The summed E-state index contributed by atoms with van der Waals surface area (Å²) in [5, 5.41) is 0.319. The fourth-order valence-electron chi connectivity index (χ4n) is 1.65. The SMILES string of the molecule is NNc1ccncc1S(=O)(=O)NCC1CSCCS1. The maximum absolute atomic E-state index is 12.2. The summed E-state index contributed by atoms with van der Waals surface area (Å²) in [4.78, 5) is 3.91. The van der Waals surface area contributed by atoms with Crippen LogP contribution in [0.2, 0.25) is 0 Å². The number of nitrogens with two attached hydrogens (primary N) is 1. The minimum absolute atomic E-state index is 0.0750. The van der Waals surface area contributed by atoms with Gasteiger partial charge >= 0.3 is 0 Å². The lowest BCUT2D eigenvalue weighted by atomic mass is 10.4. The Kier molecular flexibility index (Phi) is 5.34. The van der Waals surface area contributed by atoms with Gasteiger partial charge in [-0.1, -0.05) is 0 Å². The molecular formula is C10H16N4O2S3. The molecule has 0 radical (unpaired) electrons. The lowest BCUT2D eigenvalue weighted by Crippen LogP contribution is -2.34. The number of thioether (sulfide) groups is 2. The third-order valence-electron chi connectivity index (χ3n) is 2.62. The number of pyridine rings is 1. The molecule has 0 spiro atoms. The maximum atomic E-state index is 12.2. The molecule has 1 aromatic rings. The van der Waals surface area contributed by atoms with Crippen LogP contribution in [0.15, 0.2) is 23.4 Å². The fourth-order valence-corrected chi connectivity index (χ4v) is 5.56. The van der Waals surface area contributed by atoms with Crippen molar-refractivity contribution < 1.29 is 8.42 Å². The predicted octanol–water partition coefficient (Wildman–Crippen LogP) is 0.494. The molecule has 1 unspecified atom stereocenters. The molecule has 4 N–H and O–H groups in total. The maximum Gasteiger partial charge on any atom is 0.244 e. The Labute approximate surface area is 121 Å². The van der Waals surface area contributed by atoms with E-state index in [1.54, 1.807) is 11.8 Å². The summed E-state index contributed by atoms with van der Waals surface area (Å²) in [6.45, 7) is 0.429. The van der Waals surface area contributed by atoms with Crippen molar-refractivity contribution in [3.05, 3.63) is 18.5 Å². The minimum Gasteiger partial charge on any atom is -0.323 e. The van der Waals surface area contributed by atoms with Crippen LogP contribution in [0, 0.1) is 0 Å². The number of sulfonamides is 1. The van der Waals surface area contributed by atoms with Gasteiger partial charge in [-0.2, -0.15) is 23.5 Å². The van der Waals surface area contributed by atoms with Crippen LogP contribution in [0.3, 0.4) is 0 Å². The Balaban J connectivity index is 2.05. The Hall–Kier alpha value is -0.480. The lowest BCUT2D eigenvalue weighted by Gasteiger charge is -2.21. The molecule has 2 rings (SSSR count). The smallest absolute Gasteiger partial charge is 0.244 e. The molecule has 1 fully saturated rings. The Bertz CT molecular complexity index is 517. The number of nitrogen functional groups attached to an aromatic ring is 1. The van der Waals surface area contributed by atoms with Gasteiger partial charge in [0.25, 0.3) is 0 Å². The van der Waals surface area contributed by atoms with Crippen LogP contribution < -0.4 is 16.0 Å². The Morgan fingerprint density at radius 2 is 2.32 bits per heavy atom. The first kappa shape index (κ1) is 14.9. The van der Waals surface area contributed by atoms with Gasteiger partial charge in [-0.3, -0.25) is 10.8 Å². The van der Waals surface area contributed by atoms with Crippen LogP contribution in [0.5, 0.6) is 0 Å². The molecule has 106 valence electrons. The second-order valence-corrected chi connectivity index (χ2v) is 8.23. The quantitative estimate of drug-likeness (QED) is 0.537. The molecule has 6 nitrogen and oxygen atoms in total. The summed E-state index contributed by atoms with van der Waals surface area (Å²) in [5.41, 5.74) is 2.71. The molecule has 0 saturated carbocycles. The zero-order chi connectivity index (χ0) is 13.7. The standard InChI is InChI=1S/C10H16N4O2S3/c11-14-9-1-2-12-6-10(9)19(15,16)13-5-8-7-17-3-4-18-8/h1-2,6,8,13H,3-5,7,11H2,(H,12,14). The highest BCUT2D eigenvalue weighted by Crippen LogP contribution is 2.24. The van der Waals surface area contributed by atoms with Crippen LogP contribution in [0.25, 0.3) is 0 Å². The van der Waals surface area contributed by atoms with Gasteiger partial charge in [0, 0.05) is 41.4 Å². The normalized spacial score (nSPS) is 20.2. The van der Waals surface area contributed by atoms with Crippen molar-refractivity contribution in [1.29, 1.82) is 0 Å². The minimum atomic E-state index is -3.58. The largest absolute Gasteiger partial charge is 0.323 e. The van der Waals surface area contributed by atoms with E-state index >= 15 is 0 Å². The second kappa shape index (κ2) is 6.80. The van der Waals surface area contributed by atoms with Crippen molar-refractivity contribution in [2.45, 2.75) is 10.1 Å². The van der Waals surface area contributed by atoms with Crippen LogP contribution in [0.1, 0.15) is 0 Å². The number of hydrazine groups is 1. The highest BCUT2D eigenvalue weighted by molar-refractivity contribution is 8.06. The molecule has 2 heterocycles. The molecular weight excluding hydrogens is 304 g/mol. The van der Waals surface area contributed by atoms with Crippen molar-refractivity contribution in [3.63, 3.8) is 0 Å². The summed E-state index contributed by atoms with van der Waals surface area (Å²) in [6.07, 6.45) is 2.78. The summed E-state index contributed by atoms with van der Waals surface area (Å²) < 4.78 is 27.0. The van der Waals surface area contributed by atoms with E-state index in [1.807, 2.05) is 11.8 Å². The Morgan fingerprint density at radius 3 is 3.00 bits per heavy atom.